The molecule has 1 saturated heterocycles. The molecule has 0 bridgehead atoms. The van der Waals surface area contributed by atoms with Crippen LogP contribution in [0.4, 0.5) is 0 Å². The summed E-state index contributed by atoms with van der Waals surface area (Å²) in [7, 11) is 0. The van der Waals surface area contributed by atoms with Crippen LogP contribution in [-0.4, -0.2) is 43.1 Å². The van der Waals surface area contributed by atoms with Crippen molar-refractivity contribution < 1.29 is 0 Å². The van der Waals surface area contributed by atoms with Gasteiger partial charge in [-0.25, -0.2) is 15.0 Å². The third kappa shape index (κ3) is 3.75. The summed E-state index contributed by atoms with van der Waals surface area (Å²) >= 11 is 1.72. The molecule has 0 unspecified atom stereocenters. The molecule has 1 aliphatic heterocycles. The second kappa shape index (κ2) is 7.89. The molecule has 4 aromatic rings. The number of hydrogen-bond donors (Lipinski definition) is 1. The number of rotatable bonds is 4. The van der Waals surface area contributed by atoms with Crippen LogP contribution < -0.4 is 0 Å². The number of fused-ring (bicyclic) bond motifs is 1. The van der Waals surface area contributed by atoms with Crippen LogP contribution in [0.15, 0.2) is 30.3 Å². The van der Waals surface area contributed by atoms with Crippen molar-refractivity contribution in [3.63, 3.8) is 0 Å². The molecule has 0 spiro atoms. The molecule has 154 valence electrons. The molecule has 0 aliphatic carbocycles. The fourth-order valence-corrected chi connectivity index (χ4v) is 5.28. The fourth-order valence-electron chi connectivity index (χ4n) is 4.40. The zero-order chi connectivity index (χ0) is 20.7. The van der Waals surface area contributed by atoms with Gasteiger partial charge in [0.2, 0.25) is 0 Å². The van der Waals surface area contributed by atoms with E-state index in [1.54, 1.807) is 11.3 Å². The standard InChI is InChI=1S/C23H26N6S/c1-14-18-6-4-5-7-19(18)26-22(25-14)13-29-10-8-17(9-11-29)20-12-21(28-27-20)23-15(2)24-16(3)30-23/h4-7,12,17H,8-11,13H2,1-3H3,(H,27,28). The molecule has 1 aromatic carbocycles. The molecular weight excluding hydrogens is 392 g/mol. The highest BCUT2D eigenvalue weighted by molar-refractivity contribution is 7.15. The molecule has 0 atom stereocenters. The summed E-state index contributed by atoms with van der Waals surface area (Å²) in [5, 5.41) is 10.1. The van der Waals surface area contributed by atoms with Gasteiger partial charge in [-0.05, 0) is 58.8 Å². The Bertz CT molecular complexity index is 1190. The van der Waals surface area contributed by atoms with Gasteiger partial charge in [-0.15, -0.1) is 11.3 Å². The number of aryl methyl sites for hydroxylation is 3. The van der Waals surface area contributed by atoms with Crippen molar-refractivity contribution in [2.45, 2.75) is 46.1 Å². The number of piperidine rings is 1. The van der Waals surface area contributed by atoms with Gasteiger partial charge >= 0.3 is 0 Å². The van der Waals surface area contributed by atoms with Crippen molar-refractivity contribution in [3.05, 3.63) is 58.2 Å². The molecule has 30 heavy (non-hydrogen) atoms. The predicted molar refractivity (Wildman–Crippen MR) is 121 cm³/mol. The third-order valence-corrected chi connectivity index (χ3v) is 7.06. The van der Waals surface area contributed by atoms with E-state index in [-0.39, 0.29) is 0 Å². The summed E-state index contributed by atoms with van der Waals surface area (Å²) in [5.74, 6) is 1.44. The Kier molecular flexibility index (Phi) is 5.08. The van der Waals surface area contributed by atoms with E-state index in [1.807, 2.05) is 19.1 Å². The summed E-state index contributed by atoms with van der Waals surface area (Å²) in [6.45, 7) is 9.08. The number of benzene rings is 1. The van der Waals surface area contributed by atoms with Gasteiger partial charge in [0.25, 0.3) is 0 Å². The van der Waals surface area contributed by atoms with Crippen molar-refractivity contribution in [2.75, 3.05) is 13.1 Å². The highest BCUT2D eigenvalue weighted by atomic mass is 32.1. The molecule has 4 heterocycles. The van der Waals surface area contributed by atoms with E-state index >= 15 is 0 Å². The Balaban J connectivity index is 1.24. The Morgan fingerprint density at radius 3 is 2.60 bits per heavy atom. The SMILES string of the molecule is Cc1nc(C)c(-c2cc(C3CCN(Cc4nc(C)c5ccccc5n4)CC3)[nH]n2)s1. The van der Waals surface area contributed by atoms with Gasteiger partial charge in [0.15, 0.2) is 0 Å². The number of H-pyrrole nitrogens is 1. The van der Waals surface area contributed by atoms with E-state index in [1.165, 1.54) is 10.6 Å². The van der Waals surface area contributed by atoms with Gasteiger partial charge in [0, 0.05) is 22.7 Å². The smallest absolute Gasteiger partial charge is 0.143 e. The lowest BCUT2D eigenvalue weighted by atomic mass is 9.93. The van der Waals surface area contributed by atoms with Gasteiger partial charge in [0.05, 0.1) is 27.6 Å². The molecule has 5 rings (SSSR count). The highest BCUT2D eigenvalue weighted by Gasteiger charge is 2.24. The fraction of sp³-hybridized carbons (Fsp3) is 0.391. The lowest BCUT2D eigenvalue weighted by Crippen LogP contribution is -2.33. The molecule has 1 aliphatic rings. The number of hydrogen-bond acceptors (Lipinski definition) is 6. The van der Waals surface area contributed by atoms with E-state index in [4.69, 9.17) is 9.97 Å². The normalized spacial score (nSPS) is 15.8. The van der Waals surface area contributed by atoms with Crippen molar-refractivity contribution >= 4 is 22.2 Å². The lowest BCUT2D eigenvalue weighted by Gasteiger charge is -2.30. The van der Waals surface area contributed by atoms with Gasteiger partial charge in [0.1, 0.15) is 11.5 Å². The van der Waals surface area contributed by atoms with Crippen LogP contribution in [0, 0.1) is 20.8 Å². The maximum absolute atomic E-state index is 4.78. The molecule has 0 radical (unpaired) electrons. The van der Waals surface area contributed by atoms with Crippen LogP contribution in [0.1, 0.15) is 46.7 Å². The summed E-state index contributed by atoms with van der Waals surface area (Å²) in [4.78, 5) is 17.7. The number of nitrogens with zero attached hydrogens (tertiary/aromatic N) is 5. The average molecular weight is 419 g/mol. The molecule has 0 amide bonds. The first-order valence-electron chi connectivity index (χ1n) is 10.5. The summed E-state index contributed by atoms with van der Waals surface area (Å²) in [6.07, 6.45) is 2.24. The Hall–Kier alpha value is -2.64. The third-order valence-electron chi connectivity index (χ3n) is 5.97. The lowest BCUT2D eigenvalue weighted by molar-refractivity contribution is 0.199. The van der Waals surface area contributed by atoms with Crippen molar-refractivity contribution in [1.82, 2.24) is 30.0 Å². The number of para-hydroxylation sites is 1. The average Bonchev–Trinajstić information content (AvgIpc) is 3.35. The maximum Gasteiger partial charge on any atom is 0.143 e. The van der Waals surface area contributed by atoms with Gasteiger partial charge in [-0.3, -0.25) is 10.00 Å². The molecule has 6 nitrogen and oxygen atoms in total. The number of thiazole rings is 1. The van der Waals surface area contributed by atoms with Gasteiger partial charge < -0.3 is 0 Å². The number of aromatic amines is 1. The van der Waals surface area contributed by atoms with Crippen LogP contribution in [0.3, 0.4) is 0 Å². The van der Waals surface area contributed by atoms with Crippen LogP contribution in [0.2, 0.25) is 0 Å². The van der Waals surface area contributed by atoms with E-state index in [2.05, 4.69) is 52.1 Å². The Morgan fingerprint density at radius 1 is 1.03 bits per heavy atom. The minimum atomic E-state index is 0.524. The highest BCUT2D eigenvalue weighted by Crippen LogP contribution is 2.33. The first-order valence-corrected chi connectivity index (χ1v) is 11.3. The van der Waals surface area contributed by atoms with Crippen LogP contribution in [-0.2, 0) is 6.54 Å². The van der Waals surface area contributed by atoms with E-state index in [0.717, 1.165) is 71.3 Å². The van der Waals surface area contributed by atoms with E-state index < -0.39 is 0 Å². The minimum Gasteiger partial charge on any atom is -0.296 e. The number of likely N-dealkylation sites (tertiary alicyclic amines) is 1. The summed E-state index contributed by atoms with van der Waals surface area (Å²) in [5.41, 5.74) is 5.43. The molecule has 1 N–H and O–H groups in total. The van der Waals surface area contributed by atoms with Crippen LogP contribution in [0.25, 0.3) is 21.5 Å². The zero-order valence-electron chi connectivity index (χ0n) is 17.6. The molecule has 3 aromatic heterocycles. The quantitative estimate of drug-likeness (QED) is 0.516. The van der Waals surface area contributed by atoms with E-state index in [9.17, 15) is 0 Å². The first-order chi connectivity index (χ1) is 14.6. The van der Waals surface area contributed by atoms with E-state index in [0.29, 0.717) is 5.92 Å². The van der Waals surface area contributed by atoms with Crippen molar-refractivity contribution in [2.24, 2.45) is 0 Å². The predicted octanol–water partition coefficient (Wildman–Crippen LogP) is 4.78. The van der Waals surface area contributed by atoms with Crippen LogP contribution >= 0.6 is 11.3 Å². The number of aromatic nitrogens is 5. The summed E-state index contributed by atoms with van der Waals surface area (Å²) in [6, 6.07) is 10.5. The molecule has 1 fully saturated rings. The minimum absolute atomic E-state index is 0.524. The molecule has 7 heteroatoms. The Labute approximate surface area is 180 Å². The van der Waals surface area contributed by atoms with Crippen molar-refractivity contribution in [1.29, 1.82) is 0 Å². The Morgan fingerprint density at radius 2 is 1.83 bits per heavy atom. The largest absolute Gasteiger partial charge is 0.296 e. The monoisotopic (exact) mass is 418 g/mol. The van der Waals surface area contributed by atoms with Crippen LogP contribution in [0.5, 0.6) is 0 Å². The summed E-state index contributed by atoms with van der Waals surface area (Å²) < 4.78 is 0. The number of nitrogens with one attached hydrogen (secondary N) is 1. The maximum atomic E-state index is 4.78. The van der Waals surface area contributed by atoms with Crippen molar-refractivity contribution in [3.8, 4) is 10.6 Å². The van der Waals surface area contributed by atoms with Gasteiger partial charge in [-0.2, -0.15) is 5.10 Å². The molecular formula is C23H26N6S. The zero-order valence-corrected chi connectivity index (χ0v) is 18.5. The van der Waals surface area contributed by atoms with Gasteiger partial charge in [-0.1, -0.05) is 18.2 Å². The second-order valence-corrected chi connectivity index (χ2v) is 9.35. The first kappa shape index (κ1) is 19.3. The topological polar surface area (TPSA) is 70.6 Å². The second-order valence-electron chi connectivity index (χ2n) is 8.15. The molecule has 0 saturated carbocycles.